The quantitative estimate of drug-likeness (QED) is 0.551. The Morgan fingerprint density at radius 2 is 1.94 bits per heavy atom. The molecule has 0 bridgehead atoms. The summed E-state index contributed by atoms with van der Waals surface area (Å²) in [6.45, 7) is -0.0485. The molecule has 8 nitrogen and oxygen atoms in total. The van der Waals surface area contributed by atoms with Crippen LogP contribution < -0.4 is 15.6 Å². The lowest BCUT2D eigenvalue weighted by atomic mass is 10.4. The second-order valence-corrected chi connectivity index (χ2v) is 7.00. The summed E-state index contributed by atoms with van der Waals surface area (Å²) >= 11 is 0. The van der Waals surface area contributed by atoms with Crippen molar-refractivity contribution in [3.63, 3.8) is 0 Å². The average molecular weight is 294 g/mol. The Labute approximate surface area is 105 Å². The zero-order valence-electron chi connectivity index (χ0n) is 9.40. The number of anilines is 1. The molecule has 1 aromatic rings. The van der Waals surface area contributed by atoms with Crippen LogP contribution in [0.5, 0.6) is 0 Å². The fourth-order valence-corrected chi connectivity index (χ4v) is 2.87. The van der Waals surface area contributed by atoms with Gasteiger partial charge in [-0.15, -0.1) is 0 Å². The fourth-order valence-electron chi connectivity index (χ4n) is 1.17. The van der Waals surface area contributed by atoms with Gasteiger partial charge in [-0.3, -0.25) is 4.98 Å². The Hall–Kier alpha value is -1.23. The number of nitrogens with one attached hydrogen (secondary N) is 1. The van der Waals surface area contributed by atoms with E-state index in [0.717, 1.165) is 6.20 Å². The summed E-state index contributed by atoms with van der Waals surface area (Å²) in [6.07, 6.45) is 2.57. The smallest absolute Gasteiger partial charge is 0.244 e. The van der Waals surface area contributed by atoms with Crippen molar-refractivity contribution in [3.8, 4) is 0 Å². The summed E-state index contributed by atoms with van der Waals surface area (Å²) in [6, 6.07) is 1.36. The summed E-state index contributed by atoms with van der Waals surface area (Å²) < 4.78 is 47.1. The molecule has 0 fully saturated rings. The summed E-state index contributed by atoms with van der Waals surface area (Å²) in [5, 5.41) is 4.79. The number of primary sulfonamides is 1. The van der Waals surface area contributed by atoms with Gasteiger partial charge in [-0.2, -0.15) is 0 Å². The van der Waals surface area contributed by atoms with E-state index < -0.39 is 20.0 Å². The maximum atomic E-state index is 11.8. The van der Waals surface area contributed by atoms with Crippen molar-refractivity contribution in [1.29, 1.82) is 0 Å². The van der Waals surface area contributed by atoms with Gasteiger partial charge >= 0.3 is 0 Å². The highest BCUT2D eigenvalue weighted by Gasteiger charge is 2.17. The molecule has 0 unspecified atom stereocenters. The van der Waals surface area contributed by atoms with Gasteiger partial charge in [-0.1, -0.05) is 0 Å². The Morgan fingerprint density at radius 3 is 2.50 bits per heavy atom. The minimum absolute atomic E-state index is 0.0485. The van der Waals surface area contributed by atoms with E-state index in [1.165, 1.54) is 12.3 Å². The highest BCUT2D eigenvalue weighted by Crippen LogP contribution is 2.14. The maximum Gasteiger partial charge on any atom is 0.244 e. The lowest BCUT2D eigenvalue weighted by molar-refractivity contribution is 0.576. The predicted octanol–water partition coefficient (Wildman–Crippen LogP) is -1.38. The van der Waals surface area contributed by atoms with Crippen LogP contribution in [0, 0.1) is 0 Å². The molecule has 0 aromatic carbocycles. The van der Waals surface area contributed by atoms with Crippen molar-refractivity contribution in [3.05, 3.63) is 18.5 Å². The number of hydrogen-bond donors (Lipinski definition) is 3. The molecule has 1 rings (SSSR count). The maximum absolute atomic E-state index is 11.8. The monoisotopic (exact) mass is 294 g/mol. The number of sulfonamides is 2. The highest BCUT2D eigenvalue weighted by atomic mass is 32.2. The highest BCUT2D eigenvalue weighted by molar-refractivity contribution is 7.89. The van der Waals surface area contributed by atoms with Crippen LogP contribution in [-0.4, -0.2) is 34.1 Å². The van der Waals surface area contributed by atoms with Gasteiger partial charge in [-0.25, -0.2) is 26.7 Å². The predicted molar refractivity (Wildman–Crippen MR) is 66.4 cm³/mol. The number of pyridine rings is 1. The van der Waals surface area contributed by atoms with E-state index >= 15 is 0 Å². The Morgan fingerprint density at radius 1 is 1.28 bits per heavy atom. The van der Waals surface area contributed by atoms with E-state index in [9.17, 15) is 16.8 Å². The summed E-state index contributed by atoms with van der Waals surface area (Å²) in [7, 11) is -7.37. The zero-order valence-corrected chi connectivity index (χ0v) is 11.0. The largest absolute Gasteiger partial charge is 0.398 e. The molecule has 0 saturated carbocycles. The van der Waals surface area contributed by atoms with E-state index in [1.54, 1.807) is 0 Å². The summed E-state index contributed by atoms with van der Waals surface area (Å²) in [4.78, 5) is 3.53. The Kier molecular flexibility index (Phi) is 4.62. The molecule has 0 spiro atoms. The molecule has 0 radical (unpaired) electrons. The SMILES string of the molecule is Nc1ccncc1S(=O)(=O)NCCCS(N)(=O)=O. The van der Waals surface area contributed by atoms with E-state index in [1.807, 2.05) is 0 Å². The van der Waals surface area contributed by atoms with Crippen LogP contribution in [0.2, 0.25) is 0 Å². The standard InChI is InChI=1S/C8H14N4O4S2/c9-7-2-4-11-6-8(7)18(15,16)12-3-1-5-17(10,13)14/h2,4,6,12H,1,3,5H2,(H2,9,11)(H2,10,13,14). The number of nitrogen functional groups attached to an aromatic ring is 1. The van der Waals surface area contributed by atoms with Crippen molar-refractivity contribution < 1.29 is 16.8 Å². The number of rotatable bonds is 6. The Balaban J connectivity index is 2.65. The van der Waals surface area contributed by atoms with Gasteiger partial charge in [0.2, 0.25) is 20.0 Å². The Bertz CT molecular complexity index is 612. The normalized spacial score (nSPS) is 12.5. The van der Waals surface area contributed by atoms with Crippen molar-refractivity contribution in [2.45, 2.75) is 11.3 Å². The molecule has 0 aliphatic carbocycles. The van der Waals surface area contributed by atoms with E-state index in [-0.39, 0.29) is 29.3 Å². The minimum atomic E-state index is -3.78. The first-order chi connectivity index (χ1) is 8.22. The lowest BCUT2D eigenvalue weighted by Gasteiger charge is -2.07. The van der Waals surface area contributed by atoms with E-state index in [4.69, 9.17) is 10.9 Å². The van der Waals surface area contributed by atoms with Gasteiger partial charge in [0, 0.05) is 18.9 Å². The number of nitrogens with two attached hydrogens (primary N) is 2. The third-order valence-electron chi connectivity index (χ3n) is 2.00. The number of nitrogens with zero attached hydrogens (tertiary/aromatic N) is 1. The molecule has 0 aliphatic rings. The molecule has 0 saturated heterocycles. The van der Waals surface area contributed by atoms with Crippen LogP contribution >= 0.6 is 0 Å². The fraction of sp³-hybridized carbons (Fsp3) is 0.375. The second kappa shape index (κ2) is 5.61. The van der Waals surface area contributed by atoms with Crippen molar-refractivity contribution in [2.24, 2.45) is 5.14 Å². The van der Waals surface area contributed by atoms with Gasteiger partial charge in [0.15, 0.2) is 0 Å². The molecule has 5 N–H and O–H groups in total. The molecular formula is C8H14N4O4S2. The van der Waals surface area contributed by atoms with Crippen molar-refractivity contribution in [2.75, 3.05) is 18.0 Å². The third-order valence-corrected chi connectivity index (χ3v) is 4.37. The van der Waals surface area contributed by atoms with Crippen LogP contribution in [0.1, 0.15) is 6.42 Å². The van der Waals surface area contributed by atoms with Crippen LogP contribution in [0.3, 0.4) is 0 Å². The molecule has 102 valence electrons. The molecule has 0 atom stereocenters. The van der Waals surface area contributed by atoms with Gasteiger partial charge < -0.3 is 5.73 Å². The molecule has 10 heteroatoms. The van der Waals surface area contributed by atoms with Gasteiger partial charge in [0.25, 0.3) is 0 Å². The van der Waals surface area contributed by atoms with E-state index in [2.05, 4.69) is 9.71 Å². The van der Waals surface area contributed by atoms with Crippen LogP contribution in [-0.2, 0) is 20.0 Å². The second-order valence-electron chi connectivity index (χ2n) is 3.53. The first kappa shape index (κ1) is 14.8. The number of aromatic nitrogens is 1. The molecular weight excluding hydrogens is 280 g/mol. The third kappa shape index (κ3) is 4.56. The molecule has 1 aromatic heterocycles. The molecule has 18 heavy (non-hydrogen) atoms. The van der Waals surface area contributed by atoms with Crippen LogP contribution in [0.25, 0.3) is 0 Å². The minimum Gasteiger partial charge on any atom is -0.398 e. The summed E-state index contributed by atoms with van der Waals surface area (Å²) in [5.74, 6) is -0.294. The number of hydrogen-bond acceptors (Lipinski definition) is 6. The van der Waals surface area contributed by atoms with Gasteiger partial charge in [0.05, 0.1) is 11.4 Å². The topological polar surface area (TPSA) is 145 Å². The molecule has 0 amide bonds. The zero-order chi connectivity index (χ0) is 13.8. The van der Waals surface area contributed by atoms with Gasteiger partial charge in [-0.05, 0) is 12.5 Å². The van der Waals surface area contributed by atoms with Crippen LogP contribution in [0.15, 0.2) is 23.4 Å². The first-order valence-electron chi connectivity index (χ1n) is 4.92. The molecule has 0 aliphatic heterocycles. The first-order valence-corrected chi connectivity index (χ1v) is 8.12. The van der Waals surface area contributed by atoms with Gasteiger partial charge in [0.1, 0.15) is 4.90 Å². The van der Waals surface area contributed by atoms with Crippen LogP contribution in [0.4, 0.5) is 5.69 Å². The molecule has 1 heterocycles. The lowest BCUT2D eigenvalue weighted by Crippen LogP contribution is -2.28. The summed E-state index contributed by atoms with van der Waals surface area (Å²) in [5.41, 5.74) is 5.58. The van der Waals surface area contributed by atoms with Crippen molar-refractivity contribution in [1.82, 2.24) is 9.71 Å². The average Bonchev–Trinajstić information content (AvgIpc) is 2.24. The van der Waals surface area contributed by atoms with Crippen molar-refractivity contribution >= 4 is 25.7 Å². The van der Waals surface area contributed by atoms with E-state index in [0.29, 0.717) is 0 Å².